The Morgan fingerprint density at radius 2 is 1.71 bits per heavy atom. The van der Waals surface area contributed by atoms with Crippen LogP contribution in [-0.2, 0) is 4.79 Å². The van der Waals surface area contributed by atoms with Gasteiger partial charge in [-0.2, -0.15) is 0 Å². The summed E-state index contributed by atoms with van der Waals surface area (Å²) in [5.41, 5.74) is 0.781. The molecule has 0 saturated carbocycles. The number of benzene rings is 1. The van der Waals surface area contributed by atoms with Gasteiger partial charge in [-0.1, -0.05) is 19.1 Å². The van der Waals surface area contributed by atoms with E-state index in [1.54, 1.807) is 31.2 Å². The van der Waals surface area contributed by atoms with E-state index in [-0.39, 0.29) is 18.4 Å². The minimum absolute atomic E-state index is 0.0297. The molecule has 2 amide bonds. The number of carbonyl (C=O) groups excluding carboxylic acids is 3. The number of carbonyl (C=O) groups is 3. The third-order valence-corrected chi connectivity index (χ3v) is 2.71. The van der Waals surface area contributed by atoms with E-state index in [1.807, 2.05) is 0 Å². The minimum Gasteiger partial charge on any atom is -0.302 e. The first kappa shape index (κ1) is 11.5. The molecule has 1 heterocycles. The molecule has 0 radical (unpaired) electrons. The Morgan fingerprint density at radius 1 is 1.18 bits per heavy atom. The Kier molecular flexibility index (Phi) is 3.01. The fourth-order valence-corrected chi connectivity index (χ4v) is 1.87. The Labute approximate surface area is 98.6 Å². The number of hydrogen-bond acceptors (Lipinski definition) is 4. The Bertz CT molecular complexity index is 449. The molecule has 0 saturated heterocycles. The van der Waals surface area contributed by atoms with Crippen LogP contribution in [0.4, 0.5) is 0 Å². The average molecular weight is 232 g/mol. The molecule has 0 atom stereocenters. The van der Waals surface area contributed by atoms with Gasteiger partial charge < -0.3 is 4.79 Å². The first-order chi connectivity index (χ1) is 8.20. The molecule has 0 fully saturated rings. The van der Waals surface area contributed by atoms with Crippen molar-refractivity contribution in [1.82, 2.24) is 10.0 Å². The quantitative estimate of drug-likeness (QED) is 0.567. The van der Waals surface area contributed by atoms with Gasteiger partial charge in [0.15, 0.2) is 0 Å². The van der Waals surface area contributed by atoms with Crippen LogP contribution in [0.15, 0.2) is 24.3 Å². The lowest BCUT2D eigenvalue weighted by atomic mass is 10.1. The summed E-state index contributed by atoms with van der Waals surface area (Å²) in [6.07, 6.45) is 0.674. The minimum atomic E-state index is -0.366. The van der Waals surface area contributed by atoms with Crippen LogP contribution in [0.3, 0.4) is 0 Å². The Hall–Kier alpha value is -2.01. The van der Waals surface area contributed by atoms with Gasteiger partial charge in [0.1, 0.15) is 6.29 Å². The number of rotatable bonds is 4. The van der Waals surface area contributed by atoms with Crippen LogP contribution >= 0.6 is 0 Å². The molecular formula is C12H12N2O3. The summed E-state index contributed by atoms with van der Waals surface area (Å²) in [5, 5.41) is 2.47. The number of hydrogen-bond donors (Lipinski definition) is 0. The summed E-state index contributed by atoms with van der Waals surface area (Å²) < 4.78 is 0. The maximum Gasteiger partial charge on any atom is 0.276 e. The van der Waals surface area contributed by atoms with Gasteiger partial charge in [-0.25, -0.2) is 10.0 Å². The zero-order chi connectivity index (χ0) is 12.4. The molecule has 0 spiro atoms. The monoisotopic (exact) mass is 232 g/mol. The fourth-order valence-electron chi connectivity index (χ4n) is 1.87. The van der Waals surface area contributed by atoms with Crippen LogP contribution in [0.1, 0.15) is 27.6 Å². The number of imide groups is 1. The summed E-state index contributed by atoms with van der Waals surface area (Å²) in [6, 6.07) is 6.65. The summed E-state index contributed by atoms with van der Waals surface area (Å²) >= 11 is 0. The summed E-state index contributed by atoms with van der Waals surface area (Å²) in [4.78, 5) is 34.6. The van der Waals surface area contributed by atoms with Crippen LogP contribution in [0, 0.1) is 0 Å². The number of likely N-dealkylation sites (N-methyl/N-ethyl adjacent to an activating group) is 1. The normalized spacial score (nSPS) is 14.4. The molecule has 0 aromatic heterocycles. The lowest BCUT2D eigenvalue weighted by molar-refractivity contribution is -0.111. The highest BCUT2D eigenvalue weighted by Gasteiger charge is 2.38. The molecule has 0 N–H and O–H groups in total. The highest BCUT2D eigenvalue weighted by molar-refractivity contribution is 6.21. The van der Waals surface area contributed by atoms with Crippen molar-refractivity contribution in [3.8, 4) is 0 Å². The van der Waals surface area contributed by atoms with Gasteiger partial charge in [0.05, 0.1) is 17.7 Å². The van der Waals surface area contributed by atoms with E-state index >= 15 is 0 Å². The molecule has 5 heteroatoms. The lowest BCUT2D eigenvalue weighted by Crippen LogP contribution is -2.47. The third kappa shape index (κ3) is 1.74. The smallest absolute Gasteiger partial charge is 0.276 e. The highest BCUT2D eigenvalue weighted by atomic mass is 16.2. The second-order valence-corrected chi connectivity index (χ2v) is 3.64. The van der Waals surface area contributed by atoms with Crippen molar-refractivity contribution < 1.29 is 14.4 Å². The molecule has 0 unspecified atom stereocenters. The molecule has 0 bridgehead atoms. The van der Waals surface area contributed by atoms with Crippen LogP contribution in [-0.4, -0.2) is 41.2 Å². The SMILES string of the molecule is CCN(CC=O)N1C(=O)c2ccccc2C1=O. The van der Waals surface area contributed by atoms with Gasteiger partial charge in [-0.15, -0.1) is 0 Å². The lowest BCUT2D eigenvalue weighted by Gasteiger charge is -2.26. The van der Waals surface area contributed by atoms with Crippen LogP contribution < -0.4 is 0 Å². The van der Waals surface area contributed by atoms with Crippen molar-refractivity contribution >= 4 is 18.1 Å². The number of aldehydes is 1. The Balaban J connectivity index is 2.38. The molecule has 5 nitrogen and oxygen atoms in total. The van der Waals surface area contributed by atoms with E-state index < -0.39 is 0 Å². The zero-order valence-electron chi connectivity index (χ0n) is 9.42. The predicted molar refractivity (Wildman–Crippen MR) is 60.3 cm³/mol. The van der Waals surface area contributed by atoms with Gasteiger partial charge in [-0.3, -0.25) is 9.59 Å². The van der Waals surface area contributed by atoms with E-state index in [9.17, 15) is 14.4 Å². The van der Waals surface area contributed by atoms with Gasteiger partial charge in [0.2, 0.25) is 0 Å². The van der Waals surface area contributed by atoms with Crippen molar-refractivity contribution in [3.05, 3.63) is 35.4 Å². The first-order valence-corrected chi connectivity index (χ1v) is 5.37. The molecule has 88 valence electrons. The van der Waals surface area contributed by atoms with Gasteiger partial charge in [-0.05, 0) is 12.1 Å². The van der Waals surface area contributed by atoms with E-state index in [1.165, 1.54) is 5.01 Å². The van der Waals surface area contributed by atoms with Crippen molar-refractivity contribution in [3.63, 3.8) is 0 Å². The molecule has 1 aliphatic rings. The van der Waals surface area contributed by atoms with E-state index in [2.05, 4.69) is 0 Å². The second kappa shape index (κ2) is 4.47. The van der Waals surface area contributed by atoms with E-state index in [0.29, 0.717) is 24.0 Å². The zero-order valence-corrected chi connectivity index (χ0v) is 9.42. The average Bonchev–Trinajstić information content (AvgIpc) is 2.61. The summed E-state index contributed by atoms with van der Waals surface area (Å²) in [6.45, 7) is 2.24. The largest absolute Gasteiger partial charge is 0.302 e. The van der Waals surface area contributed by atoms with Crippen molar-refractivity contribution in [1.29, 1.82) is 0 Å². The highest BCUT2D eigenvalue weighted by Crippen LogP contribution is 2.23. The topological polar surface area (TPSA) is 57.7 Å². The van der Waals surface area contributed by atoms with Gasteiger partial charge >= 0.3 is 0 Å². The molecule has 1 aromatic carbocycles. The molecule has 1 aliphatic heterocycles. The summed E-state index contributed by atoms with van der Waals surface area (Å²) in [5.74, 6) is -0.733. The molecule has 1 aromatic rings. The molecule has 0 aliphatic carbocycles. The second-order valence-electron chi connectivity index (χ2n) is 3.64. The van der Waals surface area contributed by atoms with E-state index in [0.717, 1.165) is 5.01 Å². The van der Waals surface area contributed by atoms with Crippen LogP contribution in [0.2, 0.25) is 0 Å². The van der Waals surface area contributed by atoms with Crippen molar-refractivity contribution in [2.75, 3.05) is 13.1 Å². The maximum absolute atomic E-state index is 12.0. The van der Waals surface area contributed by atoms with Crippen LogP contribution in [0.25, 0.3) is 0 Å². The number of fused-ring (bicyclic) bond motifs is 1. The fraction of sp³-hybridized carbons (Fsp3) is 0.250. The molecule has 2 rings (SSSR count). The van der Waals surface area contributed by atoms with Gasteiger partial charge in [0, 0.05) is 6.54 Å². The Morgan fingerprint density at radius 3 is 2.12 bits per heavy atom. The number of amides is 2. The van der Waals surface area contributed by atoms with Crippen molar-refractivity contribution in [2.24, 2.45) is 0 Å². The number of nitrogens with zero attached hydrogens (tertiary/aromatic N) is 2. The van der Waals surface area contributed by atoms with E-state index in [4.69, 9.17) is 0 Å². The first-order valence-electron chi connectivity index (χ1n) is 5.37. The summed E-state index contributed by atoms with van der Waals surface area (Å²) in [7, 11) is 0. The third-order valence-electron chi connectivity index (χ3n) is 2.71. The maximum atomic E-state index is 12.0. The van der Waals surface area contributed by atoms with Gasteiger partial charge in [0.25, 0.3) is 11.8 Å². The van der Waals surface area contributed by atoms with Crippen molar-refractivity contribution in [2.45, 2.75) is 6.92 Å². The molecular weight excluding hydrogens is 220 g/mol. The number of hydrazine groups is 1. The molecule has 17 heavy (non-hydrogen) atoms. The standard InChI is InChI=1S/C12H12N2O3/c1-2-13(7-8-15)14-11(16)9-5-3-4-6-10(9)12(14)17/h3-6,8H,2,7H2,1H3. The van der Waals surface area contributed by atoms with Crippen LogP contribution in [0.5, 0.6) is 0 Å². The predicted octanol–water partition coefficient (Wildman–Crippen LogP) is 0.718.